The molecule has 1 N–H and O–H groups in total. The van der Waals surface area contributed by atoms with E-state index in [0.717, 1.165) is 18.2 Å². The van der Waals surface area contributed by atoms with Crippen LogP contribution in [0.3, 0.4) is 0 Å². The van der Waals surface area contributed by atoms with Crippen molar-refractivity contribution in [2.45, 2.75) is 18.9 Å². The molecular weight excluding hydrogens is 322 g/mol. The van der Waals surface area contributed by atoms with E-state index < -0.39 is 0 Å². The summed E-state index contributed by atoms with van der Waals surface area (Å²) < 4.78 is 6.95. The third kappa shape index (κ3) is 3.23. The lowest BCUT2D eigenvalue weighted by Gasteiger charge is -2.31. The monoisotopic (exact) mass is 339 g/mol. The molecule has 1 aliphatic rings. The number of hydrogen-bond acceptors (Lipinski definition) is 5. The number of benzene rings is 1. The Hall–Kier alpha value is -3.16. The third-order valence-corrected chi connectivity index (χ3v) is 4.44. The van der Waals surface area contributed by atoms with Crippen molar-refractivity contribution in [3.8, 4) is 0 Å². The zero-order chi connectivity index (χ0) is 17.2. The molecule has 0 atom stereocenters. The Morgan fingerprint density at radius 2 is 2.04 bits per heavy atom. The van der Waals surface area contributed by atoms with Gasteiger partial charge in [-0.2, -0.15) is 0 Å². The number of rotatable bonds is 2. The van der Waals surface area contributed by atoms with Crippen LogP contribution in [0.25, 0.3) is 11.0 Å². The van der Waals surface area contributed by atoms with Gasteiger partial charge in [-0.25, -0.2) is 14.3 Å². The van der Waals surface area contributed by atoms with Crippen LogP contribution in [0.1, 0.15) is 18.9 Å². The predicted octanol–water partition coefficient (Wildman–Crippen LogP) is 2.25. The molecule has 0 spiro atoms. The van der Waals surface area contributed by atoms with Crippen LogP contribution in [-0.2, 0) is 0 Å². The van der Waals surface area contributed by atoms with Crippen molar-refractivity contribution < 1.29 is 9.21 Å². The van der Waals surface area contributed by atoms with Crippen LogP contribution in [0, 0.1) is 0 Å². The minimum absolute atomic E-state index is 0.131. The molecule has 8 heteroatoms. The SMILES string of the molecule is O=C(Nc1ccc2oc(=O)ccc2c1)N1CCC(n2ccnn2)CC1. The summed E-state index contributed by atoms with van der Waals surface area (Å²) >= 11 is 0. The minimum atomic E-state index is -0.389. The highest BCUT2D eigenvalue weighted by atomic mass is 16.4. The summed E-state index contributed by atoms with van der Waals surface area (Å²) in [6, 6.07) is 8.40. The van der Waals surface area contributed by atoms with E-state index in [9.17, 15) is 9.59 Å². The predicted molar refractivity (Wildman–Crippen MR) is 91.4 cm³/mol. The van der Waals surface area contributed by atoms with E-state index in [1.54, 1.807) is 35.4 Å². The standard InChI is InChI=1S/C17H17N5O3/c23-16-4-1-12-11-13(2-3-15(12)25-16)19-17(24)21-8-5-14(6-9-21)22-10-7-18-20-22/h1-4,7,10-11,14H,5-6,8-9H2,(H,19,24). The molecule has 0 saturated carbocycles. The van der Waals surface area contributed by atoms with Gasteiger partial charge in [0.05, 0.1) is 12.2 Å². The van der Waals surface area contributed by atoms with E-state index >= 15 is 0 Å². The Bertz CT molecular complexity index is 942. The largest absolute Gasteiger partial charge is 0.423 e. The zero-order valence-electron chi connectivity index (χ0n) is 13.5. The maximum Gasteiger partial charge on any atom is 0.336 e. The fourth-order valence-corrected chi connectivity index (χ4v) is 3.10. The second kappa shape index (κ2) is 6.39. The van der Waals surface area contributed by atoms with Crippen molar-refractivity contribution in [3.05, 3.63) is 53.1 Å². The number of nitrogens with zero attached hydrogens (tertiary/aromatic N) is 4. The lowest BCUT2D eigenvalue weighted by Crippen LogP contribution is -2.41. The van der Waals surface area contributed by atoms with E-state index in [2.05, 4.69) is 15.6 Å². The highest BCUT2D eigenvalue weighted by Crippen LogP contribution is 2.22. The molecule has 128 valence electrons. The lowest BCUT2D eigenvalue weighted by molar-refractivity contribution is 0.179. The topological polar surface area (TPSA) is 93.3 Å². The molecule has 3 heterocycles. The average molecular weight is 339 g/mol. The number of urea groups is 1. The highest BCUT2D eigenvalue weighted by molar-refractivity contribution is 5.92. The van der Waals surface area contributed by atoms with Crippen molar-refractivity contribution in [1.29, 1.82) is 0 Å². The summed E-state index contributed by atoms with van der Waals surface area (Å²) in [5, 5.41) is 11.5. The van der Waals surface area contributed by atoms with Gasteiger partial charge in [0, 0.05) is 36.4 Å². The van der Waals surface area contributed by atoms with E-state index in [-0.39, 0.29) is 17.7 Å². The first-order valence-electron chi connectivity index (χ1n) is 8.15. The first kappa shape index (κ1) is 15.4. The van der Waals surface area contributed by atoms with E-state index in [1.165, 1.54) is 6.07 Å². The summed E-state index contributed by atoms with van der Waals surface area (Å²) in [4.78, 5) is 25.5. The molecule has 0 aliphatic carbocycles. The van der Waals surface area contributed by atoms with Crippen LogP contribution in [0.5, 0.6) is 0 Å². The van der Waals surface area contributed by atoms with Gasteiger partial charge in [-0.1, -0.05) is 5.21 Å². The van der Waals surface area contributed by atoms with E-state index in [1.807, 2.05) is 10.9 Å². The second-order valence-corrected chi connectivity index (χ2v) is 6.04. The number of aromatic nitrogens is 3. The summed E-state index contributed by atoms with van der Waals surface area (Å²) in [6.07, 6.45) is 5.22. The van der Waals surface area contributed by atoms with Gasteiger partial charge < -0.3 is 14.6 Å². The number of carbonyl (C=O) groups excluding carboxylic acids is 1. The molecule has 3 aromatic rings. The number of hydrogen-bond donors (Lipinski definition) is 1. The fourth-order valence-electron chi connectivity index (χ4n) is 3.10. The quantitative estimate of drug-likeness (QED) is 0.723. The Kier molecular flexibility index (Phi) is 3.93. The lowest BCUT2D eigenvalue weighted by atomic mass is 10.1. The number of amides is 2. The van der Waals surface area contributed by atoms with Gasteiger partial charge in [0.2, 0.25) is 0 Å². The highest BCUT2D eigenvalue weighted by Gasteiger charge is 2.24. The molecule has 4 rings (SSSR count). The number of likely N-dealkylation sites (tertiary alicyclic amines) is 1. The maximum atomic E-state index is 12.5. The summed E-state index contributed by atoms with van der Waals surface area (Å²) in [6.45, 7) is 1.33. The third-order valence-electron chi connectivity index (χ3n) is 4.44. The van der Waals surface area contributed by atoms with E-state index in [4.69, 9.17) is 4.42 Å². The number of fused-ring (bicyclic) bond motifs is 1. The molecular formula is C17H17N5O3. The molecule has 1 aromatic carbocycles. The van der Waals surface area contributed by atoms with Gasteiger partial charge in [-0.15, -0.1) is 5.10 Å². The molecule has 1 aliphatic heterocycles. The summed E-state index contributed by atoms with van der Waals surface area (Å²) in [5.74, 6) is 0. The van der Waals surface area contributed by atoms with Crippen molar-refractivity contribution in [1.82, 2.24) is 19.9 Å². The molecule has 0 unspecified atom stereocenters. The molecule has 1 saturated heterocycles. The van der Waals surface area contributed by atoms with Crippen molar-refractivity contribution in [3.63, 3.8) is 0 Å². The van der Waals surface area contributed by atoms with Crippen LogP contribution < -0.4 is 10.9 Å². The average Bonchev–Trinajstić information content (AvgIpc) is 3.17. The molecule has 25 heavy (non-hydrogen) atoms. The Labute approximate surface area is 143 Å². The van der Waals surface area contributed by atoms with Crippen LogP contribution >= 0.6 is 0 Å². The fraction of sp³-hybridized carbons (Fsp3) is 0.294. The number of anilines is 1. The van der Waals surface area contributed by atoms with Crippen LogP contribution in [0.4, 0.5) is 10.5 Å². The first-order chi connectivity index (χ1) is 12.2. The number of carbonyl (C=O) groups is 1. The van der Waals surface area contributed by atoms with Crippen LogP contribution in [-0.4, -0.2) is 39.0 Å². The smallest absolute Gasteiger partial charge is 0.336 e. The molecule has 0 radical (unpaired) electrons. The maximum absolute atomic E-state index is 12.5. The first-order valence-corrected chi connectivity index (χ1v) is 8.15. The summed E-state index contributed by atoms with van der Waals surface area (Å²) in [7, 11) is 0. The van der Waals surface area contributed by atoms with Crippen molar-refractivity contribution >= 4 is 22.7 Å². The van der Waals surface area contributed by atoms with Gasteiger partial charge in [0.1, 0.15) is 5.58 Å². The number of piperidine rings is 1. The Morgan fingerprint density at radius 1 is 1.20 bits per heavy atom. The van der Waals surface area contributed by atoms with Crippen LogP contribution in [0.15, 0.2) is 51.9 Å². The van der Waals surface area contributed by atoms with Crippen molar-refractivity contribution in [2.75, 3.05) is 18.4 Å². The molecule has 0 bridgehead atoms. The van der Waals surface area contributed by atoms with Gasteiger partial charge in [-0.05, 0) is 37.1 Å². The molecule has 1 fully saturated rings. The normalized spacial score (nSPS) is 15.4. The van der Waals surface area contributed by atoms with Crippen molar-refractivity contribution in [2.24, 2.45) is 0 Å². The summed E-state index contributed by atoms with van der Waals surface area (Å²) in [5.41, 5.74) is 0.781. The minimum Gasteiger partial charge on any atom is -0.423 e. The molecule has 8 nitrogen and oxygen atoms in total. The van der Waals surface area contributed by atoms with Gasteiger partial charge >= 0.3 is 11.7 Å². The number of nitrogens with one attached hydrogen (secondary N) is 1. The Morgan fingerprint density at radius 3 is 2.80 bits per heavy atom. The van der Waals surface area contributed by atoms with E-state index in [0.29, 0.717) is 24.4 Å². The zero-order valence-corrected chi connectivity index (χ0v) is 13.5. The van der Waals surface area contributed by atoms with Crippen LogP contribution in [0.2, 0.25) is 0 Å². The Balaban J connectivity index is 1.40. The molecule has 2 amide bonds. The second-order valence-electron chi connectivity index (χ2n) is 6.04. The van der Waals surface area contributed by atoms with Gasteiger partial charge in [0.25, 0.3) is 0 Å². The molecule has 2 aromatic heterocycles. The van der Waals surface area contributed by atoms with Gasteiger partial charge in [0.15, 0.2) is 0 Å². The van der Waals surface area contributed by atoms with Gasteiger partial charge in [-0.3, -0.25) is 0 Å².